The largest absolute Gasteiger partial charge is 1.00 e. The standard InChI is InChI=1S/C24H28N4O4.Li/c1-14(2)15(3)25-19-20(24(32)28(23(19)31)16-10-7-6-8-11-16)26-18-13-9-12-17(21(18)29)22(30)27(4)5;/h6-15H,1-5H3,(H3,25,26,29,30,31,32);/q;+1/p-1/t15-;/m0./s1. The van der Waals surface area contributed by atoms with E-state index in [0.29, 0.717) is 5.69 Å². The molecule has 2 aromatic rings. The van der Waals surface area contributed by atoms with E-state index in [1.165, 1.54) is 17.0 Å². The Hall–Kier alpha value is -3.21. The molecule has 33 heavy (non-hydrogen) atoms. The Morgan fingerprint density at radius 3 is 2.21 bits per heavy atom. The third-order valence-corrected chi connectivity index (χ3v) is 5.33. The monoisotopic (exact) mass is 442 g/mol. The van der Waals surface area contributed by atoms with Crippen molar-refractivity contribution in [3.05, 3.63) is 70.8 Å². The van der Waals surface area contributed by atoms with Gasteiger partial charge in [0, 0.05) is 20.1 Å². The fourth-order valence-electron chi connectivity index (χ4n) is 3.11. The Morgan fingerprint density at radius 2 is 1.64 bits per heavy atom. The van der Waals surface area contributed by atoms with Gasteiger partial charge >= 0.3 is 18.9 Å². The third-order valence-electron chi connectivity index (χ3n) is 5.33. The molecule has 0 saturated carbocycles. The Balaban J connectivity index is 0.00000385. The minimum atomic E-state index is -0.608. The molecule has 1 heterocycles. The summed E-state index contributed by atoms with van der Waals surface area (Å²) in [5, 5.41) is 18.1. The molecule has 0 radical (unpaired) electrons. The molecule has 0 aromatic heterocycles. The van der Waals surface area contributed by atoms with E-state index >= 15 is 0 Å². The summed E-state index contributed by atoms with van der Waals surface area (Å²) in [5.74, 6) is -1.70. The van der Waals surface area contributed by atoms with Crippen LogP contribution in [-0.4, -0.2) is 47.9 Å². The number of benzene rings is 2. The molecule has 0 fully saturated rings. The van der Waals surface area contributed by atoms with Crippen molar-refractivity contribution >= 4 is 29.1 Å². The van der Waals surface area contributed by atoms with Crippen molar-refractivity contribution in [2.24, 2.45) is 5.92 Å². The van der Waals surface area contributed by atoms with Gasteiger partial charge < -0.3 is 20.6 Å². The van der Waals surface area contributed by atoms with Crippen LogP contribution in [0.1, 0.15) is 31.1 Å². The first-order valence-electron chi connectivity index (χ1n) is 10.3. The molecule has 0 saturated heterocycles. The average molecular weight is 442 g/mol. The molecule has 2 N–H and O–H groups in total. The second-order valence-electron chi connectivity index (χ2n) is 8.17. The van der Waals surface area contributed by atoms with Crippen molar-refractivity contribution in [2.45, 2.75) is 26.8 Å². The van der Waals surface area contributed by atoms with Crippen LogP contribution >= 0.6 is 0 Å². The van der Waals surface area contributed by atoms with Crippen LogP contribution in [0.25, 0.3) is 5.32 Å². The van der Waals surface area contributed by atoms with Gasteiger partial charge in [0.2, 0.25) is 5.91 Å². The predicted molar refractivity (Wildman–Crippen MR) is 123 cm³/mol. The number of hydrogen-bond donors (Lipinski definition) is 2. The van der Waals surface area contributed by atoms with Crippen LogP contribution in [0.4, 0.5) is 11.4 Å². The molecule has 168 valence electrons. The van der Waals surface area contributed by atoms with Gasteiger partial charge in [-0.05, 0) is 36.7 Å². The van der Waals surface area contributed by atoms with Gasteiger partial charge in [-0.15, -0.1) is 0 Å². The van der Waals surface area contributed by atoms with E-state index in [9.17, 15) is 19.5 Å². The van der Waals surface area contributed by atoms with E-state index < -0.39 is 17.7 Å². The molecule has 3 amide bonds. The van der Waals surface area contributed by atoms with Crippen LogP contribution in [0.2, 0.25) is 0 Å². The quantitative estimate of drug-likeness (QED) is 0.481. The Morgan fingerprint density at radius 1 is 1.00 bits per heavy atom. The average Bonchev–Trinajstić information content (AvgIpc) is 2.98. The minimum absolute atomic E-state index is 0. The maximum absolute atomic E-state index is 13.3. The van der Waals surface area contributed by atoms with Gasteiger partial charge in [0.15, 0.2) is 0 Å². The normalized spacial score (nSPS) is 14.3. The summed E-state index contributed by atoms with van der Waals surface area (Å²) < 4.78 is 0. The van der Waals surface area contributed by atoms with Gasteiger partial charge in [-0.3, -0.25) is 14.4 Å². The number of phenolic OH excluding ortho intramolecular Hbond substituents is 1. The summed E-state index contributed by atoms with van der Waals surface area (Å²) in [6, 6.07) is 13.0. The number of phenols is 1. The zero-order chi connectivity index (χ0) is 23.6. The number of hydrogen-bond acceptors (Lipinski definition) is 5. The van der Waals surface area contributed by atoms with E-state index in [4.69, 9.17) is 0 Å². The van der Waals surface area contributed by atoms with Crippen molar-refractivity contribution in [1.29, 1.82) is 0 Å². The first-order valence-corrected chi connectivity index (χ1v) is 10.3. The van der Waals surface area contributed by atoms with Crippen LogP contribution in [0.3, 0.4) is 0 Å². The zero-order valence-corrected chi connectivity index (χ0v) is 19.8. The van der Waals surface area contributed by atoms with E-state index in [1.54, 1.807) is 50.5 Å². The van der Waals surface area contributed by atoms with Gasteiger partial charge in [-0.2, -0.15) is 0 Å². The number of carbonyl (C=O) groups is 3. The minimum Gasteiger partial charge on any atom is -0.649 e. The van der Waals surface area contributed by atoms with Crippen LogP contribution in [0.15, 0.2) is 59.9 Å². The van der Waals surface area contributed by atoms with Crippen LogP contribution < -0.4 is 29.1 Å². The van der Waals surface area contributed by atoms with Gasteiger partial charge in [0.1, 0.15) is 5.75 Å². The fraction of sp³-hybridized carbons (Fsp3) is 0.292. The van der Waals surface area contributed by atoms with Crippen molar-refractivity contribution in [3.63, 3.8) is 0 Å². The molecule has 1 aliphatic heterocycles. The van der Waals surface area contributed by atoms with Crippen molar-refractivity contribution < 1.29 is 38.4 Å². The maximum Gasteiger partial charge on any atom is 1.00 e. The van der Waals surface area contributed by atoms with Crippen molar-refractivity contribution in [2.75, 3.05) is 19.0 Å². The number of nitrogens with zero attached hydrogens (tertiary/aromatic N) is 3. The number of aromatic hydroxyl groups is 1. The predicted octanol–water partition coefficient (Wildman–Crippen LogP) is 0.522. The molecule has 0 aliphatic carbocycles. The summed E-state index contributed by atoms with van der Waals surface area (Å²) in [6.07, 6.45) is 0. The second-order valence-corrected chi connectivity index (χ2v) is 8.17. The number of para-hydroxylation sites is 2. The van der Waals surface area contributed by atoms with E-state index in [-0.39, 0.29) is 59.2 Å². The topological polar surface area (TPSA) is 104 Å². The number of nitrogens with one attached hydrogen (secondary N) is 1. The molecule has 0 spiro atoms. The number of amides is 3. The summed E-state index contributed by atoms with van der Waals surface area (Å²) in [6.45, 7) is 5.90. The molecule has 0 unspecified atom stereocenters. The van der Waals surface area contributed by atoms with Crippen LogP contribution in [0, 0.1) is 5.92 Å². The SMILES string of the molecule is CC(C)[C@H](C)NC1=C([N-]c2cccc(C(=O)N(C)C)c2O)C(=O)N(c2ccccc2)C1=O.[Li+]. The van der Waals surface area contributed by atoms with Crippen molar-refractivity contribution in [3.8, 4) is 5.75 Å². The van der Waals surface area contributed by atoms with Gasteiger partial charge in [0.05, 0.1) is 16.9 Å². The molecular weight excluding hydrogens is 415 g/mol. The Bertz CT molecular complexity index is 1080. The summed E-state index contributed by atoms with van der Waals surface area (Å²) in [4.78, 5) is 41.3. The van der Waals surface area contributed by atoms with Crippen molar-refractivity contribution in [1.82, 2.24) is 10.2 Å². The second kappa shape index (κ2) is 10.6. The number of anilines is 1. The summed E-state index contributed by atoms with van der Waals surface area (Å²) in [7, 11) is 3.14. The molecule has 8 nitrogen and oxygen atoms in total. The first kappa shape index (κ1) is 26.0. The smallest absolute Gasteiger partial charge is 0.649 e. The first-order chi connectivity index (χ1) is 15.1. The van der Waals surface area contributed by atoms with E-state index in [0.717, 1.165) is 4.90 Å². The third kappa shape index (κ3) is 5.24. The Kier molecular flexibility index (Phi) is 8.37. The number of rotatable bonds is 7. The van der Waals surface area contributed by atoms with Gasteiger partial charge in [-0.25, -0.2) is 4.90 Å². The molecule has 3 rings (SSSR count). The molecule has 0 bridgehead atoms. The van der Waals surface area contributed by atoms with Gasteiger partial charge in [-0.1, -0.05) is 49.9 Å². The molecule has 2 aromatic carbocycles. The Labute approximate surface area is 205 Å². The maximum atomic E-state index is 13.3. The van der Waals surface area contributed by atoms with E-state index in [1.807, 2.05) is 20.8 Å². The molecule has 1 aliphatic rings. The fourth-order valence-corrected chi connectivity index (χ4v) is 3.11. The van der Waals surface area contributed by atoms with Crippen LogP contribution in [-0.2, 0) is 9.59 Å². The van der Waals surface area contributed by atoms with Gasteiger partial charge in [0.25, 0.3) is 11.8 Å². The zero-order valence-electron chi connectivity index (χ0n) is 19.8. The number of imide groups is 1. The molecule has 1 atom stereocenters. The summed E-state index contributed by atoms with van der Waals surface area (Å²) >= 11 is 0. The molecular formula is C24H27LiN4O4. The summed E-state index contributed by atoms with van der Waals surface area (Å²) in [5.41, 5.74) is 0.448. The van der Waals surface area contributed by atoms with E-state index in [2.05, 4.69) is 10.6 Å². The van der Waals surface area contributed by atoms with Crippen LogP contribution in [0.5, 0.6) is 5.75 Å². The number of carbonyl (C=O) groups excluding carboxylic acids is 3. The molecule has 9 heteroatoms.